The van der Waals surface area contributed by atoms with Crippen molar-refractivity contribution in [2.24, 2.45) is 0 Å². The Morgan fingerprint density at radius 3 is 2.68 bits per heavy atom. The third-order valence-corrected chi connectivity index (χ3v) is 5.43. The second kappa shape index (κ2) is 8.90. The number of hydrogen-bond donors (Lipinski definition) is 1. The summed E-state index contributed by atoms with van der Waals surface area (Å²) in [4.78, 5) is 20.4. The standard InChI is InChI=1S/C20H25N3OS/c1-16(25-17-9-4-2-5-10-17)15-22-19-18(11-8-12-21-19)20(24)23-13-6-3-7-14-23/h2,4-5,8-12,16H,3,6-7,13-15H2,1H3,(H,21,22). The fourth-order valence-corrected chi connectivity index (χ4v) is 3.95. The highest BCUT2D eigenvalue weighted by Gasteiger charge is 2.21. The highest BCUT2D eigenvalue weighted by Crippen LogP contribution is 2.24. The van der Waals surface area contributed by atoms with Gasteiger partial charge in [-0.25, -0.2) is 4.98 Å². The van der Waals surface area contributed by atoms with Gasteiger partial charge >= 0.3 is 0 Å². The van der Waals surface area contributed by atoms with Gasteiger partial charge in [-0.2, -0.15) is 0 Å². The van der Waals surface area contributed by atoms with E-state index in [9.17, 15) is 4.79 Å². The maximum Gasteiger partial charge on any atom is 0.257 e. The van der Waals surface area contributed by atoms with Crippen LogP contribution in [0.5, 0.6) is 0 Å². The van der Waals surface area contributed by atoms with Gasteiger partial charge in [0.2, 0.25) is 0 Å². The minimum atomic E-state index is 0.0960. The Hall–Kier alpha value is -2.01. The molecule has 132 valence electrons. The quantitative estimate of drug-likeness (QED) is 0.785. The highest BCUT2D eigenvalue weighted by molar-refractivity contribution is 8.00. The second-order valence-electron chi connectivity index (χ2n) is 6.37. The van der Waals surface area contributed by atoms with Gasteiger partial charge < -0.3 is 10.2 Å². The Morgan fingerprint density at radius 2 is 1.92 bits per heavy atom. The summed E-state index contributed by atoms with van der Waals surface area (Å²) < 4.78 is 0. The van der Waals surface area contributed by atoms with E-state index in [-0.39, 0.29) is 5.91 Å². The van der Waals surface area contributed by atoms with E-state index in [2.05, 4.69) is 41.5 Å². The van der Waals surface area contributed by atoms with Crippen molar-refractivity contribution >= 4 is 23.5 Å². The number of amides is 1. The van der Waals surface area contributed by atoms with Crippen LogP contribution in [0, 0.1) is 0 Å². The molecule has 1 aromatic heterocycles. The zero-order valence-electron chi connectivity index (χ0n) is 14.6. The summed E-state index contributed by atoms with van der Waals surface area (Å²) in [5, 5.41) is 3.75. The van der Waals surface area contributed by atoms with E-state index in [1.165, 1.54) is 11.3 Å². The first-order valence-electron chi connectivity index (χ1n) is 8.94. The van der Waals surface area contributed by atoms with E-state index in [0.29, 0.717) is 16.6 Å². The van der Waals surface area contributed by atoms with Crippen LogP contribution in [0.1, 0.15) is 36.5 Å². The number of hydrogen-bond acceptors (Lipinski definition) is 4. The Labute approximate surface area is 154 Å². The molecule has 0 spiro atoms. The molecule has 0 aliphatic carbocycles. The molecule has 0 saturated carbocycles. The maximum absolute atomic E-state index is 12.8. The number of pyridine rings is 1. The Kier molecular flexibility index (Phi) is 6.34. The van der Waals surface area contributed by atoms with Gasteiger partial charge in [0.15, 0.2) is 0 Å². The third kappa shape index (κ3) is 4.98. The number of thioether (sulfide) groups is 1. The molecular formula is C20H25N3OS. The van der Waals surface area contributed by atoms with Crippen molar-refractivity contribution in [3.8, 4) is 0 Å². The number of nitrogens with one attached hydrogen (secondary N) is 1. The average molecular weight is 356 g/mol. The van der Waals surface area contributed by atoms with Crippen molar-refractivity contribution in [3.05, 3.63) is 54.2 Å². The SMILES string of the molecule is CC(CNc1ncccc1C(=O)N1CCCCC1)Sc1ccccc1. The summed E-state index contributed by atoms with van der Waals surface area (Å²) in [5.74, 6) is 0.789. The number of nitrogens with zero attached hydrogens (tertiary/aromatic N) is 2. The zero-order valence-corrected chi connectivity index (χ0v) is 15.5. The number of aromatic nitrogens is 1. The van der Waals surface area contributed by atoms with Gasteiger partial charge in [-0.3, -0.25) is 4.79 Å². The lowest BCUT2D eigenvalue weighted by Gasteiger charge is -2.27. The van der Waals surface area contributed by atoms with Crippen molar-refractivity contribution < 1.29 is 4.79 Å². The third-order valence-electron chi connectivity index (χ3n) is 4.32. The first-order chi connectivity index (χ1) is 12.2. The minimum Gasteiger partial charge on any atom is -0.368 e. The molecule has 1 unspecified atom stereocenters. The molecule has 1 aliphatic heterocycles. The first kappa shape index (κ1) is 17.8. The first-order valence-corrected chi connectivity index (χ1v) is 9.82. The van der Waals surface area contributed by atoms with E-state index in [1.807, 2.05) is 34.9 Å². The molecule has 0 bridgehead atoms. The van der Waals surface area contributed by atoms with Crippen LogP contribution in [-0.4, -0.2) is 40.7 Å². The Morgan fingerprint density at radius 1 is 1.16 bits per heavy atom. The predicted molar refractivity (Wildman–Crippen MR) is 104 cm³/mol. The van der Waals surface area contributed by atoms with E-state index in [0.717, 1.165) is 32.5 Å². The van der Waals surface area contributed by atoms with Crippen LogP contribution in [-0.2, 0) is 0 Å². The van der Waals surface area contributed by atoms with Gasteiger partial charge in [0.25, 0.3) is 5.91 Å². The summed E-state index contributed by atoms with van der Waals surface area (Å²) in [6.07, 6.45) is 5.15. The summed E-state index contributed by atoms with van der Waals surface area (Å²) in [5.41, 5.74) is 0.682. The average Bonchev–Trinajstić information content (AvgIpc) is 2.67. The van der Waals surface area contributed by atoms with Crippen LogP contribution in [0.25, 0.3) is 0 Å². The molecule has 1 aliphatic rings. The van der Waals surface area contributed by atoms with E-state index in [4.69, 9.17) is 0 Å². The molecule has 5 heteroatoms. The molecule has 1 N–H and O–H groups in total. The summed E-state index contributed by atoms with van der Waals surface area (Å²) in [7, 11) is 0. The van der Waals surface area contributed by atoms with Gasteiger partial charge in [0.1, 0.15) is 5.82 Å². The van der Waals surface area contributed by atoms with Crippen LogP contribution in [0.4, 0.5) is 5.82 Å². The number of anilines is 1. The maximum atomic E-state index is 12.8. The van der Waals surface area contributed by atoms with Gasteiger partial charge in [-0.05, 0) is 43.5 Å². The largest absolute Gasteiger partial charge is 0.368 e. The fraction of sp³-hybridized carbons (Fsp3) is 0.400. The zero-order chi connectivity index (χ0) is 17.5. The van der Waals surface area contributed by atoms with Gasteiger partial charge in [-0.1, -0.05) is 25.1 Å². The van der Waals surface area contributed by atoms with E-state index in [1.54, 1.807) is 6.20 Å². The normalized spacial score (nSPS) is 15.6. The molecule has 1 atom stereocenters. The molecule has 1 fully saturated rings. The van der Waals surface area contributed by atoms with Crippen molar-refractivity contribution in [1.82, 2.24) is 9.88 Å². The molecule has 3 rings (SSSR count). The highest BCUT2D eigenvalue weighted by atomic mass is 32.2. The monoisotopic (exact) mass is 355 g/mol. The van der Waals surface area contributed by atoms with Crippen LogP contribution in [0.15, 0.2) is 53.6 Å². The van der Waals surface area contributed by atoms with E-state index < -0.39 is 0 Å². The molecular weight excluding hydrogens is 330 g/mol. The number of carbonyl (C=O) groups excluding carboxylic acids is 1. The molecule has 1 aromatic carbocycles. The van der Waals surface area contributed by atoms with Crippen molar-refractivity contribution in [1.29, 1.82) is 0 Å². The summed E-state index contributed by atoms with van der Waals surface area (Å²) >= 11 is 1.82. The van der Waals surface area contributed by atoms with Crippen molar-refractivity contribution in [3.63, 3.8) is 0 Å². The van der Waals surface area contributed by atoms with Crippen LogP contribution in [0.3, 0.4) is 0 Å². The summed E-state index contributed by atoms with van der Waals surface area (Å²) in [6, 6.07) is 14.1. The topological polar surface area (TPSA) is 45.2 Å². The number of rotatable bonds is 6. The van der Waals surface area contributed by atoms with Crippen LogP contribution >= 0.6 is 11.8 Å². The van der Waals surface area contributed by atoms with Crippen molar-refractivity contribution in [2.45, 2.75) is 36.3 Å². The Balaban J connectivity index is 1.61. The number of benzene rings is 1. The molecule has 4 nitrogen and oxygen atoms in total. The second-order valence-corrected chi connectivity index (χ2v) is 7.89. The molecule has 25 heavy (non-hydrogen) atoms. The van der Waals surface area contributed by atoms with Crippen LogP contribution in [0.2, 0.25) is 0 Å². The molecule has 1 saturated heterocycles. The smallest absolute Gasteiger partial charge is 0.257 e. The van der Waals surface area contributed by atoms with Gasteiger partial charge in [0, 0.05) is 36.0 Å². The van der Waals surface area contributed by atoms with Crippen LogP contribution < -0.4 is 5.32 Å². The van der Waals surface area contributed by atoms with Gasteiger partial charge in [-0.15, -0.1) is 11.8 Å². The lowest BCUT2D eigenvalue weighted by molar-refractivity contribution is 0.0725. The fourth-order valence-electron chi connectivity index (χ4n) is 3.00. The summed E-state index contributed by atoms with van der Waals surface area (Å²) in [6.45, 7) is 4.65. The predicted octanol–water partition coefficient (Wildman–Crippen LogP) is 4.30. The van der Waals surface area contributed by atoms with E-state index >= 15 is 0 Å². The van der Waals surface area contributed by atoms with Crippen molar-refractivity contribution in [2.75, 3.05) is 25.0 Å². The lowest BCUT2D eigenvalue weighted by atomic mass is 10.1. The number of likely N-dealkylation sites (tertiary alicyclic amines) is 1. The molecule has 0 radical (unpaired) electrons. The van der Waals surface area contributed by atoms with Gasteiger partial charge in [0.05, 0.1) is 5.56 Å². The number of piperidine rings is 1. The number of carbonyl (C=O) groups is 1. The molecule has 2 aromatic rings. The Bertz CT molecular complexity index is 686. The molecule has 2 heterocycles. The lowest BCUT2D eigenvalue weighted by Crippen LogP contribution is -2.36. The molecule has 1 amide bonds. The minimum absolute atomic E-state index is 0.0960.